The van der Waals surface area contributed by atoms with Gasteiger partial charge in [-0.05, 0) is 19.3 Å². The number of hydrogen-bond acceptors (Lipinski definition) is 33. The number of carbonyl (C=O) groups is 2. The lowest BCUT2D eigenvalue weighted by Gasteiger charge is -2.50. The molecule has 6 aliphatic heterocycles. The van der Waals surface area contributed by atoms with Gasteiger partial charge in [-0.25, -0.2) is 0 Å². The summed E-state index contributed by atoms with van der Waals surface area (Å²) in [6.07, 6.45) is -23.2. The maximum absolute atomic E-state index is 13.5. The normalized spacial score (nSPS) is 38.0. The van der Waals surface area contributed by atoms with Crippen molar-refractivity contribution >= 4 is 11.8 Å². The van der Waals surface area contributed by atoms with Crippen LogP contribution in [0.5, 0.6) is 0 Å². The summed E-state index contributed by atoms with van der Waals surface area (Å²) >= 11 is 0. The number of ether oxygens (including phenoxy) is 12. The Kier molecular flexibility index (Phi) is 44.4. The number of carbonyl (C=O) groups excluding carboxylic acids is 2. The molecule has 12 unspecified atom stereocenters. The van der Waals surface area contributed by atoms with Crippen LogP contribution in [-0.4, -0.2) is 351 Å². The highest BCUT2D eigenvalue weighted by Crippen LogP contribution is 2.38. The first-order valence-corrected chi connectivity index (χ1v) is 40.0. The Balaban J connectivity index is 1.05. The topological polar surface area (TPSA) is 553 Å². The summed E-state index contributed by atoms with van der Waals surface area (Å²) in [6.45, 7) is -0.896. The van der Waals surface area contributed by atoms with Crippen molar-refractivity contribution in [3.63, 3.8) is 0 Å². The molecule has 109 heavy (non-hydrogen) atoms. The second-order valence-corrected chi connectivity index (χ2v) is 29.9. The molecule has 0 bridgehead atoms. The number of aliphatic hydroxyl groups excluding tert-OH is 19. The van der Waals surface area contributed by atoms with E-state index in [0.29, 0.717) is 12.8 Å². The fourth-order valence-electron chi connectivity index (χ4n) is 14.7. The number of nitrogens with one attached hydrogen (secondary N) is 2. The predicted molar refractivity (Wildman–Crippen MR) is 382 cm³/mol. The number of allylic oxidation sites excluding steroid dienone is 1. The molecule has 0 saturated carbocycles. The van der Waals surface area contributed by atoms with Crippen LogP contribution in [0.25, 0.3) is 0 Å². The standard InChI is InChI=1S/C74H134N2O33/c1-4-6-8-10-12-14-16-18-19-21-23-25-27-29-31-33-50(85)76-42(43(84)32-30-28-26-24-22-20-17-15-13-11-9-7-5-2)40-98-70-59(93)57(91)64(48(38-81)103-70)105-71-60(94)58(92)65(49(39-82)104-71)106-72-62(96)67(54(88)46(36-79)100-72)108-74-63(97)68(55(89)47(37-80)102-74)109-73-61(95)66(53(87)45(35-78)101-73)107-69-51(75-41(3)83)56(90)52(86)44(34-77)99-69/h30,32,42-49,51-74,77-82,84,86-97H,4-29,31,33-40H2,1-3H3,(H,75,83)(H,76,85)/b32-30+/t42-,43+,44?,45?,46?,47?,48?,49?,51?,52-,53-,54-,55-,56+,57+,58+,59?,60?,61?,62?,63?,64+,65-,66-,67-,68-,69-,70+,71-,72-,73+,74+/m0/s1. The zero-order valence-corrected chi connectivity index (χ0v) is 63.6. The Morgan fingerprint density at radius 2 is 0.670 bits per heavy atom. The molecule has 6 heterocycles. The molecule has 35 heteroatoms. The molecule has 32 atom stereocenters. The minimum atomic E-state index is -2.28. The van der Waals surface area contributed by atoms with E-state index >= 15 is 0 Å². The fourth-order valence-corrected chi connectivity index (χ4v) is 14.7. The quantitative estimate of drug-likeness (QED) is 0.0220. The molecule has 21 N–H and O–H groups in total. The average molecular weight is 1580 g/mol. The van der Waals surface area contributed by atoms with Gasteiger partial charge in [-0.2, -0.15) is 0 Å². The van der Waals surface area contributed by atoms with Gasteiger partial charge in [0.2, 0.25) is 11.8 Å². The van der Waals surface area contributed by atoms with Crippen LogP contribution in [0.15, 0.2) is 12.2 Å². The second kappa shape index (κ2) is 50.8. The van der Waals surface area contributed by atoms with Crippen molar-refractivity contribution in [2.24, 2.45) is 0 Å². The summed E-state index contributed by atoms with van der Waals surface area (Å²) in [7, 11) is 0. The summed E-state index contributed by atoms with van der Waals surface area (Å²) in [6, 6.07) is -2.65. The zero-order chi connectivity index (χ0) is 79.7. The second-order valence-electron chi connectivity index (χ2n) is 29.9. The van der Waals surface area contributed by atoms with Crippen LogP contribution < -0.4 is 10.6 Å². The van der Waals surface area contributed by atoms with Gasteiger partial charge in [-0.3, -0.25) is 9.59 Å². The van der Waals surface area contributed by atoms with Crippen molar-refractivity contribution in [1.29, 1.82) is 0 Å². The van der Waals surface area contributed by atoms with Crippen LogP contribution in [0.1, 0.15) is 201 Å². The molecule has 0 aromatic heterocycles. The first-order valence-electron chi connectivity index (χ1n) is 40.0. The molecular formula is C74H134N2O33. The van der Waals surface area contributed by atoms with E-state index in [9.17, 15) is 107 Å². The smallest absolute Gasteiger partial charge is 0.220 e. The van der Waals surface area contributed by atoms with Crippen molar-refractivity contribution in [3.05, 3.63) is 12.2 Å². The van der Waals surface area contributed by atoms with Crippen molar-refractivity contribution in [3.8, 4) is 0 Å². The Hall–Kier alpha value is -2.56. The van der Waals surface area contributed by atoms with E-state index in [0.717, 1.165) is 58.3 Å². The van der Waals surface area contributed by atoms with E-state index in [1.54, 1.807) is 6.08 Å². The van der Waals surface area contributed by atoms with E-state index in [1.807, 2.05) is 6.08 Å². The average Bonchev–Trinajstić information content (AvgIpc) is 0.774. The van der Waals surface area contributed by atoms with E-state index in [1.165, 1.54) is 109 Å². The van der Waals surface area contributed by atoms with Crippen molar-refractivity contribution in [1.82, 2.24) is 10.6 Å². The molecule has 6 aliphatic rings. The van der Waals surface area contributed by atoms with Crippen molar-refractivity contribution in [2.45, 2.75) is 397 Å². The van der Waals surface area contributed by atoms with E-state index < -0.39 is 248 Å². The van der Waals surface area contributed by atoms with Crippen molar-refractivity contribution < 1.29 is 163 Å². The summed E-state index contributed by atoms with van der Waals surface area (Å²) in [5, 5.41) is 216. The van der Waals surface area contributed by atoms with Crippen LogP contribution in [0.3, 0.4) is 0 Å². The fraction of sp³-hybridized carbons (Fsp3) is 0.946. The van der Waals surface area contributed by atoms with Crippen LogP contribution in [0.4, 0.5) is 0 Å². The van der Waals surface area contributed by atoms with Crippen LogP contribution in [0, 0.1) is 0 Å². The molecule has 6 rings (SSSR count). The third-order valence-electron chi connectivity index (χ3n) is 21.3. The molecule has 2 amide bonds. The van der Waals surface area contributed by atoms with Crippen molar-refractivity contribution in [2.75, 3.05) is 46.2 Å². The van der Waals surface area contributed by atoms with Crippen LogP contribution in [-0.2, 0) is 66.4 Å². The molecule has 0 aromatic carbocycles. The summed E-state index contributed by atoms with van der Waals surface area (Å²) in [5.41, 5.74) is 0. The van der Waals surface area contributed by atoms with Crippen LogP contribution >= 0.6 is 0 Å². The maximum atomic E-state index is 13.5. The number of rotatable bonds is 51. The monoisotopic (exact) mass is 1580 g/mol. The first-order chi connectivity index (χ1) is 52.4. The number of unbranched alkanes of at least 4 members (excludes halogenated alkanes) is 25. The third kappa shape index (κ3) is 28.6. The first kappa shape index (κ1) is 95.3. The summed E-state index contributed by atoms with van der Waals surface area (Å²) in [5.74, 6) is -1.09. The van der Waals surface area contributed by atoms with E-state index in [4.69, 9.17) is 56.8 Å². The molecule has 0 radical (unpaired) electrons. The van der Waals surface area contributed by atoms with E-state index in [-0.39, 0.29) is 12.3 Å². The molecule has 6 fully saturated rings. The number of hydrogen-bond donors (Lipinski definition) is 21. The lowest BCUT2D eigenvalue weighted by Crippen LogP contribution is -2.69. The third-order valence-corrected chi connectivity index (χ3v) is 21.3. The molecule has 638 valence electrons. The Morgan fingerprint density at radius 1 is 0.358 bits per heavy atom. The molecule has 6 saturated heterocycles. The number of aliphatic hydroxyl groups is 19. The minimum Gasteiger partial charge on any atom is -0.394 e. The lowest BCUT2D eigenvalue weighted by atomic mass is 9.94. The Bertz CT molecular complexity index is 2470. The maximum Gasteiger partial charge on any atom is 0.220 e. The highest BCUT2D eigenvalue weighted by molar-refractivity contribution is 5.76. The van der Waals surface area contributed by atoms with E-state index in [2.05, 4.69) is 24.5 Å². The highest BCUT2D eigenvalue weighted by Gasteiger charge is 2.58. The summed E-state index contributed by atoms with van der Waals surface area (Å²) in [4.78, 5) is 25.6. The Labute approximate surface area is 639 Å². The highest BCUT2D eigenvalue weighted by atomic mass is 16.8. The van der Waals surface area contributed by atoms with Gasteiger partial charge in [0.05, 0.1) is 58.4 Å². The largest absolute Gasteiger partial charge is 0.394 e. The van der Waals surface area contributed by atoms with Gasteiger partial charge in [0.15, 0.2) is 37.7 Å². The van der Waals surface area contributed by atoms with Gasteiger partial charge in [0.25, 0.3) is 0 Å². The SMILES string of the molecule is CCCCCCCCCCCCC/C=C/[C@@H](O)[C@H](CO[C@@H]1OC(CO)[C@@H](O[C@@H]2OC(CO)[C@H](O[C@@H]3OC(CO)[C@H](O)[C@H](O[C@H]4OC(CO)[C@H](O)[C@H](O[C@H]5OC(CO)[C@H](O)[C@H](O[C@@H]6OC(CO)[C@H](O)[C@H](O)C6NC(C)=O)C5O)C4O)C3O)[C@H](O)C2O)[C@H](O)C1O)NC(=O)CCCCCCCCCCCCCCCCC. The Morgan fingerprint density at radius 3 is 1.06 bits per heavy atom. The predicted octanol–water partition coefficient (Wildman–Crippen LogP) is -2.57. The van der Waals surface area contributed by atoms with Gasteiger partial charge in [-0.1, -0.05) is 180 Å². The van der Waals surface area contributed by atoms with Gasteiger partial charge in [-0.15, -0.1) is 0 Å². The zero-order valence-electron chi connectivity index (χ0n) is 63.6. The summed E-state index contributed by atoms with van der Waals surface area (Å²) < 4.78 is 69.7. The molecule has 0 aromatic rings. The molecule has 0 aliphatic carbocycles. The lowest BCUT2D eigenvalue weighted by molar-refractivity contribution is -0.397. The van der Waals surface area contributed by atoms with Gasteiger partial charge in [0.1, 0.15) is 146 Å². The molecule has 0 spiro atoms. The minimum absolute atomic E-state index is 0.184. The van der Waals surface area contributed by atoms with Gasteiger partial charge in [0, 0.05) is 13.3 Å². The molecule has 35 nitrogen and oxygen atoms in total. The van der Waals surface area contributed by atoms with Gasteiger partial charge < -0.3 is 164 Å². The van der Waals surface area contributed by atoms with Crippen LogP contribution in [0.2, 0.25) is 0 Å². The van der Waals surface area contributed by atoms with Gasteiger partial charge >= 0.3 is 0 Å². The molecular weight excluding hydrogens is 1440 g/mol. The number of amides is 2.